The largest absolute Gasteiger partial charge is 0.313 e. The van der Waals surface area contributed by atoms with Crippen molar-refractivity contribution in [1.82, 2.24) is 15.1 Å². The van der Waals surface area contributed by atoms with Crippen LogP contribution in [0.15, 0.2) is 24.4 Å². The van der Waals surface area contributed by atoms with Crippen LogP contribution in [0.1, 0.15) is 47.7 Å². The zero-order valence-corrected chi connectivity index (χ0v) is 13.2. The summed E-state index contributed by atoms with van der Waals surface area (Å²) in [5, 5.41) is 8.01. The standard InChI is InChI=1S/C18H25N3/c1-3-9-19-11-18-12-20-21(14(18)2)13-15-7-8-16-5-4-6-17(16)10-15/h7-8,10,12,19H,3-6,9,11,13H2,1-2H3. The molecule has 0 amide bonds. The molecule has 0 unspecified atom stereocenters. The van der Waals surface area contributed by atoms with Crippen LogP contribution in [0.2, 0.25) is 0 Å². The number of aromatic nitrogens is 2. The Balaban J connectivity index is 1.70. The Kier molecular flexibility index (Phi) is 4.39. The summed E-state index contributed by atoms with van der Waals surface area (Å²) < 4.78 is 2.12. The Morgan fingerprint density at radius 3 is 2.95 bits per heavy atom. The molecule has 1 aliphatic carbocycles. The highest BCUT2D eigenvalue weighted by molar-refractivity contribution is 5.35. The van der Waals surface area contributed by atoms with Crippen molar-refractivity contribution < 1.29 is 0 Å². The summed E-state index contributed by atoms with van der Waals surface area (Å²) in [6, 6.07) is 6.94. The fourth-order valence-corrected chi connectivity index (χ4v) is 3.11. The van der Waals surface area contributed by atoms with Gasteiger partial charge in [-0.2, -0.15) is 5.10 Å². The molecule has 0 spiro atoms. The first kappa shape index (κ1) is 14.3. The highest BCUT2D eigenvalue weighted by Crippen LogP contribution is 2.23. The predicted molar refractivity (Wildman–Crippen MR) is 86.5 cm³/mol. The molecule has 0 saturated heterocycles. The van der Waals surface area contributed by atoms with Crippen LogP contribution in [0.4, 0.5) is 0 Å². The third-order valence-corrected chi connectivity index (χ3v) is 4.44. The van der Waals surface area contributed by atoms with Gasteiger partial charge in [-0.05, 0) is 55.8 Å². The summed E-state index contributed by atoms with van der Waals surface area (Å²) in [7, 11) is 0. The first-order valence-corrected chi connectivity index (χ1v) is 8.10. The van der Waals surface area contributed by atoms with E-state index in [1.165, 1.54) is 42.5 Å². The van der Waals surface area contributed by atoms with Gasteiger partial charge in [-0.1, -0.05) is 25.1 Å². The molecule has 1 aliphatic rings. The average molecular weight is 283 g/mol. The number of rotatable bonds is 6. The first-order valence-electron chi connectivity index (χ1n) is 8.10. The van der Waals surface area contributed by atoms with E-state index in [9.17, 15) is 0 Å². The molecule has 0 atom stereocenters. The lowest BCUT2D eigenvalue weighted by molar-refractivity contribution is 0.651. The van der Waals surface area contributed by atoms with Crippen molar-refractivity contribution in [3.8, 4) is 0 Å². The molecule has 0 radical (unpaired) electrons. The topological polar surface area (TPSA) is 29.9 Å². The van der Waals surface area contributed by atoms with E-state index in [2.05, 4.69) is 47.1 Å². The van der Waals surface area contributed by atoms with Crippen molar-refractivity contribution in [1.29, 1.82) is 0 Å². The minimum Gasteiger partial charge on any atom is -0.313 e. The Labute approximate surface area is 127 Å². The molecule has 21 heavy (non-hydrogen) atoms. The molecule has 0 fully saturated rings. The fraction of sp³-hybridized carbons (Fsp3) is 0.500. The van der Waals surface area contributed by atoms with Gasteiger partial charge in [0.05, 0.1) is 12.7 Å². The first-order chi connectivity index (χ1) is 10.3. The zero-order valence-electron chi connectivity index (χ0n) is 13.2. The molecule has 3 nitrogen and oxygen atoms in total. The van der Waals surface area contributed by atoms with E-state index in [1.807, 2.05) is 6.20 Å². The molecule has 1 aromatic heterocycles. The van der Waals surface area contributed by atoms with E-state index in [0.717, 1.165) is 19.6 Å². The SMILES string of the molecule is CCCNCc1cnn(Cc2ccc3c(c2)CCC3)c1C. The molecule has 1 heterocycles. The van der Waals surface area contributed by atoms with Crippen molar-refractivity contribution in [2.24, 2.45) is 0 Å². The second-order valence-corrected chi connectivity index (χ2v) is 6.05. The van der Waals surface area contributed by atoms with Gasteiger partial charge in [0.1, 0.15) is 0 Å². The van der Waals surface area contributed by atoms with Crippen LogP contribution in [0, 0.1) is 6.92 Å². The molecule has 1 N–H and O–H groups in total. The molecule has 0 saturated carbocycles. The van der Waals surface area contributed by atoms with E-state index in [-0.39, 0.29) is 0 Å². The lowest BCUT2D eigenvalue weighted by Gasteiger charge is -2.08. The highest BCUT2D eigenvalue weighted by atomic mass is 15.3. The molecule has 2 aromatic rings. The molecular formula is C18H25N3. The third-order valence-electron chi connectivity index (χ3n) is 4.44. The fourth-order valence-electron chi connectivity index (χ4n) is 3.11. The number of benzene rings is 1. The monoisotopic (exact) mass is 283 g/mol. The van der Waals surface area contributed by atoms with E-state index in [1.54, 1.807) is 11.1 Å². The quantitative estimate of drug-likeness (QED) is 0.825. The van der Waals surface area contributed by atoms with Crippen LogP contribution >= 0.6 is 0 Å². The maximum Gasteiger partial charge on any atom is 0.0662 e. The van der Waals surface area contributed by atoms with Gasteiger partial charge >= 0.3 is 0 Å². The maximum atomic E-state index is 4.56. The van der Waals surface area contributed by atoms with Crippen molar-refractivity contribution in [3.63, 3.8) is 0 Å². The van der Waals surface area contributed by atoms with Gasteiger partial charge in [-0.3, -0.25) is 4.68 Å². The number of hydrogen-bond acceptors (Lipinski definition) is 2. The van der Waals surface area contributed by atoms with Gasteiger partial charge in [-0.15, -0.1) is 0 Å². The Morgan fingerprint density at radius 1 is 1.24 bits per heavy atom. The van der Waals surface area contributed by atoms with Crippen LogP contribution in [0.25, 0.3) is 0 Å². The molecule has 112 valence electrons. The van der Waals surface area contributed by atoms with E-state index in [0.29, 0.717) is 0 Å². The zero-order chi connectivity index (χ0) is 14.7. The van der Waals surface area contributed by atoms with Gasteiger partial charge in [0, 0.05) is 17.8 Å². The number of nitrogens with one attached hydrogen (secondary N) is 1. The van der Waals surface area contributed by atoms with Crippen LogP contribution < -0.4 is 5.32 Å². The predicted octanol–water partition coefficient (Wildman–Crippen LogP) is 3.23. The second kappa shape index (κ2) is 6.44. The third kappa shape index (κ3) is 3.18. The number of aryl methyl sites for hydroxylation is 2. The summed E-state index contributed by atoms with van der Waals surface area (Å²) >= 11 is 0. The van der Waals surface area contributed by atoms with Gasteiger partial charge in [0.15, 0.2) is 0 Å². The van der Waals surface area contributed by atoms with Crippen molar-refractivity contribution >= 4 is 0 Å². The minimum atomic E-state index is 0.882. The molecule has 0 aliphatic heterocycles. The Hall–Kier alpha value is -1.61. The van der Waals surface area contributed by atoms with Crippen LogP contribution in [-0.2, 0) is 25.9 Å². The Morgan fingerprint density at radius 2 is 2.10 bits per heavy atom. The van der Waals surface area contributed by atoms with E-state index in [4.69, 9.17) is 0 Å². The smallest absolute Gasteiger partial charge is 0.0662 e. The molecule has 3 rings (SSSR count). The number of hydrogen-bond donors (Lipinski definition) is 1. The number of fused-ring (bicyclic) bond motifs is 1. The van der Waals surface area contributed by atoms with Crippen molar-refractivity contribution in [2.45, 2.75) is 52.6 Å². The van der Waals surface area contributed by atoms with Gasteiger partial charge in [0.2, 0.25) is 0 Å². The molecule has 3 heteroatoms. The van der Waals surface area contributed by atoms with Crippen LogP contribution in [0.3, 0.4) is 0 Å². The van der Waals surface area contributed by atoms with Crippen molar-refractivity contribution in [2.75, 3.05) is 6.54 Å². The summed E-state index contributed by atoms with van der Waals surface area (Å²) in [5.41, 5.74) is 7.04. The van der Waals surface area contributed by atoms with Crippen LogP contribution in [0.5, 0.6) is 0 Å². The summed E-state index contributed by atoms with van der Waals surface area (Å²) in [5.74, 6) is 0. The van der Waals surface area contributed by atoms with Crippen LogP contribution in [-0.4, -0.2) is 16.3 Å². The summed E-state index contributed by atoms with van der Waals surface area (Å²) in [6.07, 6.45) is 6.98. The summed E-state index contributed by atoms with van der Waals surface area (Å²) in [6.45, 7) is 7.23. The average Bonchev–Trinajstić information content (AvgIpc) is 3.08. The lowest BCUT2D eigenvalue weighted by Crippen LogP contribution is -2.14. The van der Waals surface area contributed by atoms with Crippen molar-refractivity contribution in [3.05, 3.63) is 52.3 Å². The van der Waals surface area contributed by atoms with Gasteiger partial charge in [0.25, 0.3) is 0 Å². The molecule has 0 bridgehead atoms. The second-order valence-electron chi connectivity index (χ2n) is 6.05. The molecule has 1 aromatic carbocycles. The minimum absolute atomic E-state index is 0.882. The Bertz CT molecular complexity index is 613. The van der Waals surface area contributed by atoms with Gasteiger partial charge < -0.3 is 5.32 Å². The number of nitrogens with zero attached hydrogens (tertiary/aromatic N) is 2. The normalized spacial score (nSPS) is 13.6. The van der Waals surface area contributed by atoms with Gasteiger partial charge in [-0.25, -0.2) is 0 Å². The lowest BCUT2D eigenvalue weighted by atomic mass is 10.1. The summed E-state index contributed by atoms with van der Waals surface area (Å²) in [4.78, 5) is 0. The highest BCUT2D eigenvalue weighted by Gasteiger charge is 2.12. The molecular weight excluding hydrogens is 258 g/mol. The maximum absolute atomic E-state index is 4.56. The van der Waals surface area contributed by atoms with E-state index >= 15 is 0 Å². The van der Waals surface area contributed by atoms with E-state index < -0.39 is 0 Å².